The van der Waals surface area contributed by atoms with Crippen molar-refractivity contribution in [2.45, 2.75) is 386 Å². The Balaban J connectivity index is 3.29. The van der Waals surface area contributed by atoms with E-state index in [9.17, 15) is 19.8 Å². The van der Waals surface area contributed by atoms with Gasteiger partial charge in [-0.25, -0.2) is 0 Å². The van der Waals surface area contributed by atoms with Gasteiger partial charge in [-0.3, -0.25) is 9.59 Å². The molecule has 0 aromatic rings. The zero-order valence-electron chi connectivity index (χ0n) is 48.9. The molecule has 3 N–H and O–H groups in total. The quantitative estimate of drug-likeness (QED) is 0.0320. The van der Waals surface area contributed by atoms with Crippen LogP contribution in [0.25, 0.3) is 0 Å². The number of rotatable bonds is 62. The van der Waals surface area contributed by atoms with Crippen molar-refractivity contribution >= 4 is 11.9 Å². The van der Waals surface area contributed by atoms with Crippen molar-refractivity contribution in [3.8, 4) is 0 Å². The van der Waals surface area contributed by atoms with E-state index in [2.05, 4.69) is 19.2 Å². The van der Waals surface area contributed by atoms with Gasteiger partial charge in [-0.1, -0.05) is 341 Å². The molecule has 6 heteroatoms. The zero-order chi connectivity index (χ0) is 52.2. The Morgan fingerprint density at radius 2 is 0.639 bits per heavy atom. The third-order valence-electron chi connectivity index (χ3n) is 15.6. The predicted octanol–water partition coefficient (Wildman–Crippen LogP) is 20.8. The van der Waals surface area contributed by atoms with Gasteiger partial charge in [-0.05, 0) is 32.1 Å². The van der Waals surface area contributed by atoms with Crippen molar-refractivity contribution in [1.29, 1.82) is 0 Å². The van der Waals surface area contributed by atoms with Crippen LogP contribution in [0.5, 0.6) is 0 Å². The van der Waals surface area contributed by atoms with E-state index in [4.69, 9.17) is 4.74 Å². The van der Waals surface area contributed by atoms with Gasteiger partial charge in [-0.2, -0.15) is 0 Å². The van der Waals surface area contributed by atoms with E-state index in [0.717, 1.165) is 38.5 Å². The molecule has 1 amide bonds. The molecule has 0 spiro atoms. The number of hydrogen-bond donors (Lipinski definition) is 3. The van der Waals surface area contributed by atoms with Crippen molar-refractivity contribution in [2.75, 3.05) is 13.2 Å². The molecular formula is C66H129NO5. The topological polar surface area (TPSA) is 95.9 Å². The molecule has 0 aliphatic carbocycles. The first-order valence-corrected chi connectivity index (χ1v) is 33.0. The molecule has 0 rings (SSSR count). The number of carbonyl (C=O) groups is 2. The summed E-state index contributed by atoms with van der Waals surface area (Å²) in [5.41, 5.74) is 0. The highest BCUT2D eigenvalue weighted by Crippen LogP contribution is 2.19. The molecule has 2 atom stereocenters. The minimum atomic E-state index is -0.838. The molecule has 2 unspecified atom stereocenters. The molecule has 0 saturated heterocycles. The van der Waals surface area contributed by atoms with Crippen molar-refractivity contribution < 1.29 is 24.5 Å². The number of amides is 1. The van der Waals surface area contributed by atoms with Crippen LogP contribution < -0.4 is 5.32 Å². The Bertz CT molecular complexity index is 1080. The van der Waals surface area contributed by atoms with Crippen molar-refractivity contribution in [1.82, 2.24) is 5.32 Å². The van der Waals surface area contributed by atoms with E-state index in [0.29, 0.717) is 19.4 Å². The van der Waals surface area contributed by atoms with Gasteiger partial charge in [0.05, 0.1) is 25.4 Å². The number of esters is 1. The van der Waals surface area contributed by atoms with Crippen LogP contribution in [-0.2, 0) is 14.3 Å². The molecule has 0 saturated carbocycles. The summed E-state index contributed by atoms with van der Waals surface area (Å²) >= 11 is 0. The Hall–Kier alpha value is -1.40. The lowest BCUT2D eigenvalue weighted by atomic mass is 10.0. The first-order valence-electron chi connectivity index (χ1n) is 33.0. The average molecular weight is 1020 g/mol. The highest BCUT2D eigenvalue weighted by molar-refractivity contribution is 5.76. The lowest BCUT2D eigenvalue weighted by molar-refractivity contribution is -0.143. The summed E-state index contributed by atoms with van der Waals surface area (Å²) in [7, 11) is 0. The van der Waals surface area contributed by atoms with Crippen LogP contribution in [0.1, 0.15) is 373 Å². The van der Waals surface area contributed by atoms with Crippen LogP contribution in [0.4, 0.5) is 0 Å². The maximum absolute atomic E-state index is 12.4. The van der Waals surface area contributed by atoms with Crippen molar-refractivity contribution in [3.63, 3.8) is 0 Å². The third kappa shape index (κ3) is 57.9. The number of hydrogen-bond acceptors (Lipinski definition) is 5. The summed E-state index contributed by atoms with van der Waals surface area (Å²) in [6.07, 6.45) is 75.8. The summed E-state index contributed by atoms with van der Waals surface area (Å²) in [6, 6.07) is -0.621. The van der Waals surface area contributed by atoms with Crippen molar-refractivity contribution in [3.05, 3.63) is 12.2 Å². The second-order valence-corrected chi connectivity index (χ2v) is 22.8. The first-order chi connectivity index (χ1) is 35.5. The largest absolute Gasteiger partial charge is 0.466 e. The summed E-state index contributed by atoms with van der Waals surface area (Å²) < 4.78 is 5.49. The van der Waals surface area contributed by atoms with Gasteiger partial charge in [-0.15, -0.1) is 0 Å². The van der Waals surface area contributed by atoms with Gasteiger partial charge < -0.3 is 20.3 Å². The van der Waals surface area contributed by atoms with Crippen LogP contribution in [0.2, 0.25) is 0 Å². The van der Waals surface area contributed by atoms with Gasteiger partial charge >= 0.3 is 5.97 Å². The van der Waals surface area contributed by atoms with E-state index < -0.39 is 12.1 Å². The SMILES string of the molecule is CCCCCCCCCC/C=C/C(O)C(CO)NC(=O)CCCCCCCCCCCCCCCCCCCCCCCCCCCCCCCCCCOC(=O)CCCCCCCCCCCCCCC. The Kier molecular flexibility index (Phi) is 60.9. The number of unbranched alkanes of at least 4 members (excludes halogenated alkanes) is 51. The van der Waals surface area contributed by atoms with Gasteiger partial charge in [0.25, 0.3) is 0 Å². The standard InChI is InChI=1S/C66H129NO5/c1-3-5-7-9-11-13-15-36-40-44-48-52-56-60-66(71)72-61-57-53-49-45-41-38-35-33-31-29-27-25-23-21-19-17-16-18-20-22-24-26-28-30-32-34-37-39-43-47-51-55-59-65(70)67-63(62-68)64(69)58-54-50-46-42-14-12-10-8-6-4-2/h54,58,63-64,68-69H,3-53,55-57,59-62H2,1-2H3,(H,67,70)/b58-54+. The Labute approximate surface area is 450 Å². The average Bonchev–Trinajstić information content (AvgIpc) is 3.38. The molecule has 0 aromatic carbocycles. The molecule has 72 heavy (non-hydrogen) atoms. The summed E-state index contributed by atoms with van der Waals surface area (Å²) in [4.78, 5) is 24.5. The van der Waals surface area contributed by atoms with Crippen LogP contribution in [0.3, 0.4) is 0 Å². The lowest BCUT2D eigenvalue weighted by Gasteiger charge is -2.20. The summed E-state index contributed by atoms with van der Waals surface area (Å²) in [6.45, 7) is 4.91. The molecule has 0 aliphatic heterocycles. The lowest BCUT2D eigenvalue weighted by Crippen LogP contribution is -2.45. The summed E-state index contributed by atoms with van der Waals surface area (Å²) in [5, 5.41) is 23.0. The van der Waals surface area contributed by atoms with Gasteiger partial charge in [0.2, 0.25) is 5.91 Å². The highest BCUT2D eigenvalue weighted by Gasteiger charge is 2.18. The predicted molar refractivity (Wildman–Crippen MR) is 315 cm³/mol. The zero-order valence-corrected chi connectivity index (χ0v) is 48.9. The molecule has 0 radical (unpaired) electrons. The monoisotopic (exact) mass is 1020 g/mol. The minimum Gasteiger partial charge on any atom is -0.466 e. The second-order valence-electron chi connectivity index (χ2n) is 22.8. The molecule has 428 valence electrons. The maximum Gasteiger partial charge on any atom is 0.305 e. The second kappa shape index (κ2) is 62.1. The molecule has 0 fully saturated rings. The van der Waals surface area contributed by atoms with E-state index in [1.165, 1.54) is 308 Å². The molecule has 6 nitrogen and oxygen atoms in total. The van der Waals surface area contributed by atoms with Gasteiger partial charge in [0, 0.05) is 12.8 Å². The van der Waals surface area contributed by atoms with Crippen LogP contribution >= 0.6 is 0 Å². The fourth-order valence-electron chi connectivity index (χ4n) is 10.5. The molecule has 0 aromatic heterocycles. The molecule has 0 heterocycles. The fraction of sp³-hybridized carbons (Fsp3) is 0.939. The van der Waals surface area contributed by atoms with E-state index in [-0.39, 0.29) is 18.5 Å². The number of nitrogens with one attached hydrogen (secondary N) is 1. The summed E-state index contributed by atoms with van der Waals surface area (Å²) in [5.74, 6) is -0.0407. The number of aliphatic hydroxyl groups is 2. The molecular weight excluding hydrogens is 887 g/mol. The van der Waals surface area contributed by atoms with Crippen LogP contribution in [-0.4, -0.2) is 47.4 Å². The van der Waals surface area contributed by atoms with Crippen LogP contribution in [0, 0.1) is 0 Å². The van der Waals surface area contributed by atoms with Gasteiger partial charge in [0.1, 0.15) is 0 Å². The number of carbonyl (C=O) groups excluding carboxylic acids is 2. The fourth-order valence-corrected chi connectivity index (χ4v) is 10.5. The smallest absolute Gasteiger partial charge is 0.305 e. The van der Waals surface area contributed by atoms with Crippen molar-refractivity contribution in [2.24, 2.45) is 0 Å². The van der Waals surface area contributed by atoms with Crippen LogP contribution in [0.15, 0.2) is 12.2 Å². The highest BCUT2D eigenvalue weighted by atomic mass is 16.5. The number of ether oxygens (including phenoxy) is 1. The number of allylic oxidation sites excluding steroid dienone is 1. The first kappa shape index (κ1) is 70.6. The molecule has 0 bridgehead atoms. The Morgan fingerprint density at radius 1 is 0.375 bits per heavy atom. The normalized spacial score (nSPS) is 12.6. The maximum atomic E-state index is 12.4. The minimum absolute atomic E-state index is 0.0230. The van der Waals surface area contributed by atoms with Gasteiger partial charge in [0.15, 0.2) is 0 Å². The van der Waals surface area contributed by atoms with E-state index >= 15 is 0 Å². The third-order valence-corrected chi connectivity index (χ3v) is 15.6. The van der Waals surface area contributed by atoms with E-state index in [1.807, 2.05) is 6.08 Å². The number of aliphatic hydroxyl groups excluding tert-OH is 2. The Morgan fingerprint density at radius 3 is 0.944 bits per heavy atom. The molecule has 0 aliphatic rings. The van der Waals surface area contributed by atoms with E-state index in [1.54, 1.807) is 6.08 Å².